The number of ketones is 1. The molecule has 0 aromatic rings. The number of likely N-dealkylation sites (N-methyl/N-ethyl adjacent to an activating group) is 1. The molecule has 2 atom stereocenters. The monoisotopic (exact) mass is 533 g/mol. The second kappa shape index (κ2) is 19.5. The van der Waals surface area contributed by atoms with Crippen LogP contribution in [0, 0.1) is 0 Å². The Morgan fingerprint density at radius 1 is 0.972 bits per heavy atom. The van der Waals surface area contributed by atoms with Gasteiger partial charge in [-0.1, -0.05) is 51.9 Å². The summed E-state index contributed by atoms with van der Waals surface area (Å²) in [7, 11) is 1.00. The lowest BCUT2D eigenvalue weighted by Crippen LogP contribution is -2.50. The number of ether oxygens (including phenoxy) is 1. The highest BCUT2D eigenvalue weighted by atomic mass is 32.2. The van der Waals surface area contributed by atoms with Gasteiger partial charge >= 0.3 is 18.0 Å². The first-order valence-electron chi connectivity index (χ1n) is 12.1. The van der Waals surface area contributed by atoms with Crippen LogP contribution in [0.2, 0.25) is 0 Å². The number of esters is 1. The first-order valence-corrected chi connectivity index (χ1v) is 13.2. The van der Waals surface area contributed by atoms with E-state index in [1.54, 1.807) is 0 Å². The molecule has 0 saturated carbocycles. The molecule has 12 nitrogen and oxygen atoms in total. The molecule has 13 heteroatoms. The molecule has 206 valence electrons. The fourth-order valence-corrected chi connectivity index (χ4v) is 3.87. The maximum Gasteiger partial charge on any atom is 0.413 e. The average Bonchev–Trinajstić information content (AvgIpc) is 2.84. The lowest BCUT2D eigenvalue weighted by atomic mass is 10.1. The van der Waals surface area contributed by atoms with E-state index in [2.05, 4.69) is 12.2 Å². The molecule has 0 spiro atoms. The first kappa shape index (κ1) is 33.3. The van der Waals surface area contributed by atoms with Gasteiger partial charge in [-0.15, -0.1) is 0 Å². The van der Waals surface area contributed by atoms with Crippen molar-refractivity contribution in [3.63, 3.8) is 0 Å². The van der Waals surface area contributed by atoms with Crippen molar-refractivity contribution >= 4 is 47.4 Å². The number of nitrogens with two attached hydrogens (primary N) is 1. The third-order valence-electron chi connectivity index (χ3n) is 5.23. The van der Waals surface area contributed by atoms with Crippen molar-refractivity contribution in [2.75, 3.05) is 25.2 Å². The summed E-state index contributed by atoms with van der Waals surface area (Å²) < 4.78 is 4.98. The standard InChI is InChI=1S/C23H39N3O9S/c1-3-4-5-6-7-8-9-10-13-35-22(32)18(27)15-36-14-17(20(29)26(2)23(33)34)25-19(28)12-11-16(24)21(30)31/h16-17H,3-15,24H2,1-2H3,(H,25,28)(H,30,31)(H,33,34). The van der Waals surface area contributed by atoms with E-state index in [4.69, 9.17) is 20.7 Å². The van der Waals surface area contributed by atoms with Crippen molar-refractivity contribution < 1.29 is 43.7 Å². The van der Waals surface area contributed by atoms with Gasteiger partial charge in [0.25, 0.3) is 5.91 Å². The van der Waals surface area contributed by atoms with Gasteiger partial charge in [-0.2, -0.15) is 11.8 Å². The predicted molar refractivity (Wildman–Crippen MR) is 133 cm³/mol. The third kappa shape index (κ3) is 15.4. The number of aliphatic carboxylic acids is 1. The first-order chi connectivity index (χ1) is 17.0. The fraction of sp³-hybridized carbons (Fsp3) is 0.739. The van der Waals surface area contributed by atoms with Gasteiger partial charge in [0.05, 0.1) is 12.4 Å². The number of thioether (sulfide) groups is 1. The molecule has 0 aromatic carbocycles. The molecule has 0 radical (unpaired) electrons. The number of carboxylic acids is 1. The van der Waals surface area contributed by atoms with E-state index in [1.165, 1.54) is 25.7 Å². The molecule has 0 fully saturated rings. The van der Waals surface area contributed by atoms with E-state index in [0.29, 0.717) is 11.3 Å². The van der Waals surface area contributed by atoms with Gasteiger partial charge < -0.3 is 26.0 Å². The van der Waals surface area contributed by atoms with Crippen LogP contribution in [0.15, 0.2) is 0 Å². The van der Waals surface area contributed by atoms with Gasteiger partial charge in [-0.25, -0.2) is 14.5 Å². The van der Waals surface area contributed by atoms with Gasteiger partial charge in [0.1, 0.15) is 12.1 Å². The number of hydrogen-bond acceptors (Lipinski definition) is 9. The second-order valence-corrected chi connectivity index (χ2v) is 9.36. The van der Waals surface area contributed by atoms with E-state index in [1.807, 2.05) is 0 Å². The molecule has 3 amide bonds. The summed E-state index contributed by atoms with van der Waals surface area (Å²) in [5, 5.41) is 20.1. The van der Waals surface area contributed by atoms with Crippen LogP contribution < -0.4 is 11.1 Å². The number of imide groups is 1. The minimum Gasteiger partial charge on any atom is -0.480 e. The molecule has 0 aliphatic rings. The lowest BCUT2D eigenvalue weighted by Gasteiger charge is -2.21. The Balaban J connectivity index is 4.51. The smallest absolute Gasteiger partial charge is 0.413 e. The summed E-state index contributed by atoms with van der Waals surface area (Å²) in [5.74, 6) is -5.25. The van der Waals surface area contributed by atoms with Crippen LogP contribution in [0.5, 0.6) is 0 Å². The lowest BCUT2D eigenvalue weighted by molar-refractivity contribution is -0.152. The van der Waals surface area contributed by atoms with Crippen molar-refractivity contribution in [3.05, 3.63) is 0 Å². The summed E-state index contributed by atoms with van der Waals surface area (Å²) in [5.41, 5.74) is 5.35. The van der Waals surface area contributed by atoms with E-state index in [9.17, 15) is 28.8 Å². The highest BCUT2D eigenvalue weighted by molar-refractivity contribution is 8.00. The van der Waals surface area contributed by atoms with Crippen molar-refractivity contribution in [2.45, 2.75) is 83.2 Å². The Morgan fingerprint density at radius 3 is 2.11 bits per heavy atom. The number of unbranched alkanes of at least 4 members (excludes halogenated alkanes) is 7. The zero-order valence-corrected chi connectivity index (χ0v) is 21.8. The summed E-state index contributed by atoms with van der Waals surface area (Å²) in [6.45, 7) is 2.30. The zero-order valence-electron chi connectivity index (χ0n) is 21.0. The summed E-state index contributed by atoms with van der Waals surface area (Å²) in [6, 6.07) is -2.58. The van der Waals surface area contributed by atoms with Gasteiger partial charge in [0.15, 0.2) is 0 Å². The summed E-state index contributed by atoms with van der Waals surface area (Å²) >= 11 is 0.859. The van der Waals surface area contributed by atoms with E-state index in [0.717, 1.165) is 38.1 Å². The normalized spacial score (nSPS) is 12.3. The van der Waals surface area contributed by atoms with Gasteiger partial charge in [-0.3, -0.25) is 19.2 Å². The number of carbonyl (C=O) groups is 6. The SMILES string of the molecule is CCCCCCCCCCOC(=O)C(=O)CSCC(NC(=O)CCC(N)C(=O)O)C(=O)N(C)C(=O)O. The third-order valence-corrected chi connectivity index (χ3v) is 6.26. The molecule has 0 aliphatic carbocycles. The molecular weight excluding hydrogens is 494 g/mol. The summed E-state index contributed by atoms with van der Waals surface area (Å²) in [4.78, 5) is 70.7. The summed E-state index contributed by atoms with van der Waals surface area (Å²) in [6.07, 6.45) is 6.53. The molecule has 5 N–H and O–H groups in total. The molecule has 0 aliphatic heterocycles. The van der Waals surface area contributed by atoms with E-state index in [-0.39, 0.29) is 31.0 Å². The second-order valence-electron chi connectivity index (χ2n) is 8.33. The van der Waals surface area contributed by atoms with Gasteiger partial charge in [0.2, 0.25) is 11.7 Å². The van der Waals surface area contributed by atoms with Crippen LogP contribution in [0.25, 0.3) is 0 Å². The number of carbonyl (C=O) groups excluding carboxylic acids is 4. The highest BCUT2D eigenvalue weighted by Crippen LogP contribution is 2.10. The minimum absolute atomic E-state index is 0.142. The van der Waals surface area contributed by atoms with Crippen molar-refractivity contribution in [3.8, 4) is 0 Å². The van der Waals surface area contributed by atoms with E-state index >= 15 is 0 Å². The number of carboxylic acid groups (broad SMARTS) is 2. The Bertz CT molecular complexity index is 748. The zero-order chi connectivity index (χ0) is 27.5. The number of amides is 3. The Labute approximate surface area is 215 Å². The molecule has 0 aromatic heterocycles. The number of nitrogens with zero attached hydrogens (tertiary/aromatic N) is 1. The number of Topliss-reactive ketones (excluding diaryl/α,β-unsaturated/α-hetero) is 1. The molecule has 0 rings (SSSR count). The highest BCUT2D eigenvalue weighted by Gasteiger charge is 2.28. The predicted octanol–water partition coefficient (Wildman–Crippen LogP) is 1.79. The van der Waals surface area contributed by atoms with Gasteiger partial charge in [0, 0.05) is 19.2 Å². The average molecular weight is 534 g/mol. The van der Waals surface area contributed by atoms with Crippen molar-refractivity contribution in [1.82, 2.24) is 10.2 Å². The number of hydrogen-bond donors (Lipinski definition) is 4. The quantitative estimate of drug-likeness (QED) is 0.101. The maximum absolute atomic E-state index is 12.4. The van der Waals surface area contributed by atoms with Crippen LogP contribution in [0.4, 0.5) is 4.79 Å². The maximum atomic E-state index is 12.4. The molecule has 0 heterocycles. The van der Waals surface area contributed by atoms with Crippen molar-refractivity contribution in [1.29, 1.82) is 0 Å². The van der Waals surface area contributed by atoms with Crippen LogP contribution in [-0.2, 0) is 28.7 Å². The molecule has 0 bridgehead atoms. The van der Waals surface area contributed by atoms with Crippen LogP contribution in [-0.4, -0.2) is 88.0 Å². The minimum atomic E-state index is -1.54. The molecule has 0 saturated heterocycles. The topological polar surface area (TPSA) is 193 Å². The van der Waals surface area contributed by atoms with E-state index < -0.39 is 47.7 Å². The largest absolute Gasteiger partial charge is 0.480 e. The Hall–Kier alpha value is -2.67. The Morgan fingerprint density at radius 2 is 1.56 bits per heavy atom. The molecule has 2 unspecified atom stereocenters. The molecule has 36 heavy (non-hydrogen) atoms. The van der Waals surface area contributed by atoms with Crippen LogP contribution >= 0.6 is 11.8 Å². The van der Waals surface area contributed by atoms with Crippen LogP contribution in [0.1, 0.15) is 71.1 Å². The Kier molecular flexibility index (Phi) is 18.1. The number of rotatable bonds is 20. The number of nitrogens with one attached hydrogen (secondary N) is 1. The van der Waals surface area contributed by atoms with Gasteiger partial charge in [-0.05, 0) is 12.8 Å². The molecular formula is C23H39N3O9S. The van der Waals surface area contributed by atoms with Crippen LogP contribution in [0.3, 0.4) is 0 Å². The van der Waals surface area contributed by atoms with Crippen molar-refractivity contribution in [2.24, 2.45) is 5.73 Å². The fourth-order valence-electron chi connectivity index (χ4n) is 2.99.